The summed E-state index contributed by atoms with van der Waals surface area (Å²) >= 11 is 1.34. The Kier molecular flexibility index (Phi) is 6.41. The minimum absolute atomic E-state index is 0.0876. The van der Waals surface area contributed by atoms with Crippen molar-refractivity contribution in [3.63, 3.8) is 0 Å². The van der Waals surface area contributed by atoms with Crippen LogP contribution in [0.3, 0.4) is 0 Å². The highest BCUT2D eigenvalue weighted by Gasteiger charge is 2.39. The maximum Gasteiger partial charge on any atom is 0.255 e. The van der Waals surface area contributed by atoms with E-state index in [0.29, 0.717) is 59.0 Å². The molecule has 4 aromatic heterocycles. The fourth-order valence-electron chi connectivity index (χ4n) is 4.60. The molecule has 184 valence electrons. The molecule has 2 N–H and O–H groups in total. The Balaban J connectivity index is 1.36. The Morgan fingerprint density at radius 1 is 1.25 bits per heavy atom. The number of hydrogen-bond acceptors (Lipinski definition) is 7. The smallest absolute Gasteiger partial charge is 0.255 e. The average Bonchev–Trinajstić information content (AvgIpc) is 3.55. The molecule has 0 spiro atoms. The van der Waals surface area contributed by atoms with Crippen molar-refractivity contribution in [2.75, 3.05) is 5.32 Å². The van der Waals surface area contributed by atoms with Crippen LogP contribution in [0.1, 0.15) is 60.5 Å². The largest absolute Gasteiger partial charge is 0.382 e. The molecule has 10 heteroatoms. The van der Waals surface area contributed by atoms with Gasteiger partial charge in [-0.05, 0) is 51.7 Å². The lowest BCUT2D eigenvalue weighted by molar-refractivity contribution is 0.0776. The number of halogens is 1. The van der Waals surface area contributed by atoms with Gasteiger partial charge in [0.25, 0.3) is 5.91 Å². The Bertz CT molecular complexity index is 1430. The van der Waals surface area contributed by atoms with E-state index in [1.165, 1.54) is 17.5 Å². The molecule has 1 aliphatic rings. The second kappa shape index (κ2) is 9.66. The number of carbonyl (C=O) groups excluding carboxylic acids is 1. The molecule has 1 aliphatic carbocycles. The Labute approximate surface area is 212 Å². The zero-order valence-electron chi connectivity index (χ0n) is 20.0. The summed E-state index contributed by atoms with van der Waals surface area (Å²) in [6, 6.07) is 7.55. The number of hydrogen-bond donors (Lipinski definition) is 2. The predicted octanol–water partition coefficient (Wildman–Crippen LogP) is 5.11. The highest BCUT2D eigenvalue weighted by Crippen LogP contribution is 2.41. The van der Waals surface area contributed by atoms with Gasteiger partial charge in [0.15, 0.2) is 5.67 Å². The van der Waals surface area contributed by atoms with Gasteiger partial charge in [0.1, 0.15) is 22.5 Å². The van der Waals surface area contributed by atoms with Crippen LogP contribution < -0.4 is 10.6 Å². The third-order valence-corrected chi connectivity index (χ3v) is 7.36. The molecule has 0 bridgehead atoms. The van der Waals surface area contributed by atoms with E-state index in [1.54, 1.807) is 23.8 Å². The van der Waals surface area contributed by atoms with Crippen molar-refractivity contribution in [1.82, 2.24) is 24.8 Å². The second-order valence-electron chi connectivity index (χ2n) is 9.37. The molecule has 36 heavy (non-hydrogen) atoms. The molecule has 0 radical (unpaired) electrons. The lowest BCUT2D eigenvalue weighted by atomic mass is 9.84. The number of nitrogens with one attached hydrogen (secondary N) is 2. The lowest BCUT2D eigenvalue weighted by Gasteiger charge is -2.33. The number of nitriles is 1. The van der Waals surface area contributed by atoms with Crippen LogP contribution in [-0.4, -0.2) is 37.5 Å². The first-order valence-electron chi connectivity index (χ1n) is 11.9. The van der Waals surface area contributed by atoms with Gasteiger partial charge in [-0.1, -0.05) is 0 Å². The molecule has 4 aromatic rings. The molecule has 0 aliphatic heterocycles. The van der Waals surface area contributed by atoms with Gasteiger partial charge in [-0.15, -0.1) is 11.3 Å². The molecule has 8 nitrogen and oxygen atoms in total. The van der Waals surface area contributed by atoms with E-state index in [2.05, 4.69) is 31.7 Å². The summed E-state index contributed by atoms with van der Waals surface area (Å²) < 4.78 is 17.1. The maximum absolute atomic E-state index is 15.3. The molecule has 1 saturated carbocycles. The minimum Gasteiger partial charge on any atom is -0.382 e. The van der Waals surface area contributed by atoms with Gasteiger partial charge in [-0.25, -0.2) is 19.3 Å². The predicted molar refractivity (Wildman–Crippen MR) is 137 cm³/mol. The summed E-state index contributed by atoms with van der Waals surface area (Å²) in [4.78, 5) is 26.4. The minimum atomic E-state index is -1.41. The van der Waals surface area contributed by atoms with E-state index in [0.717, 1.165) is 5.39 Å². The highest BCUT2D eigenvalue weighted by atomic mass is 32.1. The van der Waals surface area contributed by atoms with Crippen LogP contribution in [0, 0.1) is 11.3 Å². The van der Waals surface area contributed by atoms with Crippen LogP contribution in [0.4, 0.5) is 10.1 Å². The summed E-state index contributed by atoms with van der Waals surface area (Å²) in [5.41, 5.74) is 0.833. The quantitative estimate of drug-likeness (QED) is 0.379. The zero-order valence-corrected chi connectivity index (χ0v) is 20.8. The number of rotatable bonds is 6. The highest BCUT2D eigenvalue weighted by molar-refractivity contribution is 7.09. The van der Waals surface area contributed by atoms with Crippen LogP contribution >= 0.6 is 11.3 Å². The second-order valence-corrected chi connectivity index (χ2v) is 10.3. The van der Waals surface area contributed by atoms with Gasteiger partial charge in [-0.3, -0.25) is 9.36 Å². The first kappa shape index (κ1) is 23.9. The van der Waals surface area contributed by atoms with Crippen molar-refractivity contribution in [3.05, 3.63) is 64.5 Å². The molecule has 0 aromatic carbocycles. The maximum atomic E-state index is 15.3. The Hall–Kier alpha value is -3.84. The van der Waals surface area contributed by atoms with Crippen LogP contribution in [0.15, 0.2) is 48.4 Å². The third kappa shape index (κ3) is 4.66. The van der Waals surface area contributed by atoms with E-state index >= 15 is 4.39 Å². The third-order valence-electron chi connectivity index (χ3n) is 6.41. The normalized spacial score (nSPS) is 19.8. The van der Waals surface area contributed by atoms with E-state index in [4.69, 9.17) is 5.26 Å². The molecular weight excluding hydrogens is 477 g/mol. The number of amides is 1. The molecular formula is C26H26FN7OS. The zero-order chi connectivity index (χ0) is 25.3. The number of alkyl halides is 1. The standard InChI is InChI=1S/C26H26FN7OS/c1-16(2)32-21-12-22(34-9-5-18-11-17(13-28)14-31-23(18)34)30-15-20(21)24(35)33-19-3-6-26(27,7-4-19)25-29-8-10-36-25/h5,8-12,14-16,19H,3-4,6-7H2,1-2H3,(H,30,32)(H,33,35). The SMILES string of the molecule is CC(C)Nc1cc(-n2ccc3cc(C#N)cnc32)ncc1C(=O)NC1CCC(F)(c2nccs2)CC1. The molecule has 1 fully saturated rings. The van der Waals surface area contributed by atoms with Gasteiger partial charge in [-0.2, -0.15) is 5.26 Å². The summed E-state index contributed by atoms with van der Waals surface area (Å²) in [6.45, 7) is 4.00. The number of anilines is 1. The number of thiazole rings is 1. The fraction of sp³-hybridized carbons (Fsp3) is 0.346. The van der Waals surface area contributed by atoms with Gasteiger partial charge in [0.2, 0.25) is 0 Å². The number of carbonyl (C=O) groups is 1. The first-order chi connectivity index (χ1) is 17.4. The molecule has 1 amide bonds. The van der Waals surface area contributed by atoms with Gasteiger partial charge in [0, 0.05) is 53.7 Å². The fourth-order valence-corrected chi connectivity index (χ4v) is 5.39. The summed E-state index contributed by atoms with van der Waals surface area (Å²) in [6.07, 6.45) is 8.32. The first-order valence-corrected chi connectivity index (χ1v) is 12.8. The lowest BCUT2D eigenvalue weighted by Crippen LogP contribution is -2.41. The summed E-state index contributed by atoms with van der Waals surface area (Å²) in [7, 11) is 0. The van der Waals surface area contributed by atoms with Crippen LogP contribution in [-0.2, 0) is 5.67 Å². The van der Waals surface area contributed by atoms with E-state index in [9.17, 15) is 4.79 Å². The van der Waals surface area contributed by atoms with Gasteiger partial charge in [0.05, 0.1) is 16.8 Å². The van der Waals surface area contributed by atoms with Crippen molar-refractivity contribution in [2.45, 2.75) is 57.3 Å². The molecule has 4 heterocycles. The number of pyridine rings is 2. The molecule has 5 rings (SSSR count). The van der Waals surface area contributed by atoms with Crippen molar-refractivity contribution in [3.8, 4) is 11.9 Å². The van der Waals surface area contributed by atoms with Gasteiger partial charge >= 0.3 is 0 Å². The van der Waals surface area contributed by atoms with E-state index in [1.807, 2.05) is 36.7 Å². The van der Waals surface area contributed by atoms with Crippen LogP contribution in [0.5, 0.6) is 0 Å². The Morgan fingerprint density at radius 3 is 2.75 bits per heavy atom. The van der Waals surface area contributed by atoms with Crippen LogP contribution in [0.2, 0.25) is 0 Å². The molecule has 0 atom stereocenters. The topological polar surface area (TPSA) is 109 Å². The van der Waals surface area contributed by atoms with E-state index < -0.39 is 5.67 Å². The molecule has 0 saturated heterocycles. The Morgan fingerprint density at radius 2 is 2.06 bits per heavy atom. The van der Waals surface area contributed by atoms with Gasteiger partial charge < -0.3 is 10.6 Å². The van der Waals surface area contributed by atoms with Crippen molar-refractivity contribution in [2.24, 2.45) is 0 Å². The van der Waals surface area contributed by atoms with Crippen molar-refractivity contribution in [1.29, 1.82) is 5.26 Å². The summed E-state index contributed by atoms with van der Waals surface area (Å²) in [5, 5.41) is 18.7. The van der Waals surface area contributed by atoms with E-state index in [-0.39, 0.29) is 18.0 Å². The molecule has 0 unspecified atom stereocenters. The average molecular weight is 504 g/mol. The monoisotopic (exact) mass is 503 g/mol. The number of fused-ring (bicyclic) bond motifs is 1. The van der Waals surface area contributed by atoms with Crippen LogP contribution in [0.25, 0.3) is 16.9 Å². The number of nitrogens with zero attached hydrogens (tertiary/aromatic N) is 5. The summed E-state index contributed by atoms with van der Waals surface area (Å²) in [5.74, 6) is 0.363. The van der Waals surface area contributed by atoms with Crippen molar-refractivity contribution >= 4 is 34.0 Å². The van der Waals surface area contributed by atoms with Crippen molar-refractivity contribution < 1.29 is 9.18 Å². The number of aromatic nitrogens is 4.